The van der Waals surface area contributed by atoms with E-state index in [1.807, 2.05) is 0 Å². The van der Waals surface area contributed by atoms with Gasteiger partial charge in [0.2, 0.25) is 0 Å². The summed E-state index contributed by atoms with van der Waals surface area (Å²) in [7, 11) is 0. The second-order valence-electron chi connectivity index (χ2n) is 3.38. The number of halogens is 2. The van der Waals surface area contributed by atoms with E-state index in [4.69, 9.17) is 16.3 Å². The second-order valence-corrected chi connectivity index (χ2v) is 4.34. The Morgan fingerprint density at radius 2 is 2.12 bits per heavy atom. The Hall–Kier alpha value is -0.870. The molecular weight excluding hydrogens is 307 g/mol. The third-order valence-electron chi connectivity index (χ3n) is 2.10. The second kappa shape index (κ2) is 6.77. The van der Waals surface area contributed by atoms with Crippen LogP contribution in [0.3, 0.4) is 0 Å². The van der Waals surface area contributed by atoms with Crippen molar-refractivity contribution >= 4 is 39.3 Å². The number of alkyl halides is 1. The van der Waals surface area contributed by atoms with Crippen molar-refractivity contribution in [2.24, 2.45) is 0 Å². The summed E-state index contributed by atoms with van der Waals surface area (Å²) in [5.41, 5.74) is 1.11. The summed E-state index contributed by atoms with van der Waals surface area (Å²) in [6, 6.07) is 4.81. The lowest BCUT2D eigenvalue weighted by molar-refractivity contribution is -0.115. The molecule has 0 amide bonds. The van der Waals surface area contributed by atoms with Crippen LogP contribution in [0.5, 0.6) is 0 Å². The predicted octanol–water partition coefficient (Wildman–Crippen LogP) is 3.02. The van der Waals surface area contributed by atoms with Crippen molar-refractivity contribution in [2.45, 2.75) is 13.3 Å². The first-order chi connectivity index (χ1) is 8.08. The zero-order valence-electron chi connectivity index (χ0n) is 9.33. The van der Waals surface area contributed by atoms with Gasteiger partial charge in [0.25, 0.3) is 0 Å². The van der Waals surface area contributed by atoms with Gasteiger partial charge in [0.1, 0.15) is 5.78 Å². The molecule has 0 aliphatic rings. The fraction of sp³-hybridized carbons (Fsp3) is 0.333. The molecule has 1 rings (SSSR count). The van der Waals surface area contributed by atoms with E-state index in [0.717, 1.165) is 0 Å². The van der Waals surface area contributed by atoms with Gasteiger partial charge in [-0.15, -0.1) is 0 Å². The van der Waals surface area contributed by atoms with E-state index in [0.29, 0.717) is 28.1 Å². The Kier molecular flexibility index (Phi) is 5.65. The van der Waals surface area contributed by atoms with Gasteiger partial charge in [-0.25, -0.2) is 4.79 Å². The lowest BCUT2D eigenvalue weighted by Gasteiger charge is -2.05. The predicted molar refractivity (Wildman–Crippen MR) is 69.9 cm³/mol. The summed E-state index contributed by atoms with van der Waals surface area (Å²) >= 11 is 9.09. The molecule has 0 atom stereocenters. The molecular formula is C12H12BrClO3. The fourth-order valence-corrected chi connectivity index (χ4v) is 1.74. The maximum Gasteiger partial charge on any atom is 0.338 e. The van der Waals surface area contributed by atoms with Crippen LogP contribution in [0.15, 0.2) is 18.2 Å². The molecule has 0 bridgehead atoms. The molecule has 0 aromatic heterocycles. The van der Waals surface area contributed by atoms with Crippen LogP contribution < -0.4 is 0 Å². The minimum Gasteiger partial charge on any atom is -0.462 e. The van der Waals surface area contributed by atoms with Gasteiger partial charge in [0, 0.05) is 11.4 Å². The molecule has 0 heterocycles. The van der Waals surface area contributed by atoms with E-state index in [-0.39, 0.29) is 12.2 Å². The number of hydrogen-bond donors (Lipinski definition) is 0. The largest absolute Gasteiger partial charge is 0.462 e. The number of hydrogen-bond acceptors (Lipinski definition) is 3. The smallest absolute Gasteiger partial charge is 0.338 e. The van der Waals surface area contributed by atoms with Crippen molar-refractivity contribution in [3.63, 3.8) is 0 Å². The molecule has 0 aliphatic carbocycles. The highest BCUT2D eigenvalue weighted by atomic mass is 79.9. The van der Waals surface area contributed by atoms with E-state index in [1.165, 1.54) is 6.07 Å². The molecule has 0 aliphatic heterocycles. The van der Waals surface area contributed by atoms with Crippen molar-refractivity contribution in [1.82, 2.24) is 0 Å². The van der Waals surface area contributed by atoms with Gasteiger partial charge in [-0.05, 0) is 24.6 Å². The van der Waals surface area contributed by atoms with E-state index in [9.17, 15) is 9.59 Å². The van der Waals surface area contributed by atoms with Crippen molar-refractivity contribution in [2.75, 3.05) is 11.9 Å². The van der Waals surface area contributed by atoms with Gasteiger partial charge >= 0.3 is 5.97 Å². The van der Waals surface area contributed by atoms with Crippen LogP contribution in [0.2, 0.25) is 5.02 Å². The van der Waals surface area contributed by atoms with Crippen molar-refractivity contribution < 1.29 is 14.3 Å². The first-order valence-corrected chi connectivity index (χ1v) is 6.61. The van der Waals surface area contributed by atoms with Crippen LogP contribution in [0.25, 0.3) is 0 Å². The summed E-state index contributed by atoms with van der Waals surface area (Å²) < 4.78 is 4.85. The summed E-state index contributed by atoms with van der Waals surface area (Å²) in [6.07, 6.45) is 0.257. The highest BCUT2D eigenvalue weighted by Crippen LogP contribution is 2.19. The molecule has 92 valence electrons. The Labute approximate surface area is 113 Å². The van der Waals surface area contributed by atoms with Crippen LogP contribution >= 0.6 is 27.5 Å². The summed E-state index contributed by atoms with van der Waals surface area (Å²) in [6.45, 7) is 2.06. The number of carbonyl (C=O) groups excluding carboxylic acids is 2. The number of benzene rings is 1. The average Bonchev–Trinajstić information content (AvgIpc) is 2.31. The molecule has 0 fully saturated rings. The zero-order chi connectivity index (χ0) is 12.8. The highest BCUT2D eigenvalue weighted by Gasteiger charge is 2.11. The normalized spacial score (nSPS) is 10.1. The van der Waals surface area contributed by atoms with Gasteiger partial charge in [-0.2, -0.15) is 0 Å². The first-order valence-electron chi connectivity index (χ1n) is 5.11. The number of ketones is 1. The van der Waals surface area contributed by atoms with E-state index < -0.39 is 5.97 Å². The van der Waals surface area contributed by atoms with Crippen LogP contribution in [-0.4, -0.2) is 23.7 Å². The summed E-state index contributed by atoms with van der Waals surface area (Å²) in [4.78, 5) is 22.7. The lowest BCUT2D eigenvalue weighted by atomic mass is 10.1. The monoisotopic (exact) mass is 318 g/mol. The van der Waals surface area contributed by atoms with Gasteiger partial charge < -0.3 is 4.74 Å². The molecule has 1 aromatic carbocycles. The number of esters is 1. The van der Waals surface area contributed by atoms with Crippen molar-refractivity contribution in [1.29, 1.82) is 0 Å². The van der Waals surface area contributed by atoms with Crippen LogP contribution in [0, 0.1) is 0 Å². The summed E-state index contributed by atoms with van der Waals surface area (Å²) in [5.74, 6) is -0.372. The molecule has 1 aromatic rings. The molecule has 0 saturated heterocycles. The number of ether oxygens (including phenoxy) is 1. The van der Waals surface area contributed by atoms with Crippen molar-refractivity contribution in [3.05, 3.63) is 34.3 Å². The maximum atomic E-state index is 11.4. The number of rotatable bonds is 5. The topological polar surface area (TPSA) is 43.4 Å². The Morgan fingerprint density at radius 1 is 1.41 bits per heavy atom. The van der Waals surface area contributed by atoms with Crippen LogP contribution in [0.4, 0.5) is 0 Å². The first kappa shape index (κ1) is 14.2. The van der Waals surface area contributed by atoms with E-state index in [2.05, 4.69) is 15.9 Å². The molecule has 0 N–H and O–H groups in total. The van der Waals surface area contributed by atoms with Gasteiger partial charge in [-0.3, -0.25) is 4.79 Å². The molecule has 0 unspecified atom stereocenters. The molecule has 0 spiro atoms. The molecule has 5 heteroatoms. The lowest BCUT2D eigenvalue weighted by Crippen LogP contribution is -2.07. The Balaban J connectivity index is 2.86. The highest BCUT2D eigenvalue weighted by molar-refractivity contribution is 9.09. The minimum absolute atomic E-state index is 0.0378. The van der Waals surface area contributed by atoms with Crippen LogP contribution in [-0.2, 0) is 16.0 Å². The molecule has 3 nitrogen and oxygen atoms in total. The van der Waals surface area contributed by atoms with Gasteiger partial charge in [-0.1, -0.05) is 33.6 Å². The maximum absolute atomic E-state index is 11.4. The van der Waals surface area contributed by atoms with E-state index >= 15 is 0 Å². The number of Topliss-reactive ketones (excluding diaryl/α,β-unsaturated/α-hetero) is 1. The Morgan fingerprint density at radius 3 is 2.65 bits per heavy atom. The minimum atomic E-state index is -0.409. The molecule has 17 heavy (non-hydrogen) atoms. The molecule has 0 radical (unpaired) electrons. The quantitative estimate of drug-likeness (QED) is 0.619. The SMILES string of the molecule is CCOC(=O)c1ccc(CC(=O)CBr)c(Cl)c1. The number of carbonyl (C=O) groups is 2. The van der Waals surface area contributed by atoms with Gasteiger partial charge in [0.05, 0.1) is 17.5 Å². The average molecular weight is 320 g/mol. The van der Waals surface area contributed by atoms with Crippen LogP contribution in [0.1, 0.15) is 22.8 Å². The third kappa shape index (κ3) is 4.13. The van der Waals surface area contributed by atoms with Crippen molar-refractivity contribution in [3.8, 4) is 0 Å². The van der Waals surface area contributed by atoms with E-state index in [1.54, 1.807) is 19.1 Å². The fourth-order valence-electron chi connectivity index (χ4n) is 1.29. The molecule has 0 saturated carbocycles. The third-order valence-corrected chi connectivity index (χ3v) is 3.08. The zero-order valence-corrected chi connectivity index (χ0v) is 11.7. The summed E-state index contributed by atoms with van der Waals surface area (Å²) in [5, 5.41) is 0.702. The Bertz CT molecular complexity index is 432. The van der Waals surface area contributed by atoms with Gasteiger partial charge in [0.15, 0.2) is 0 Å². The standard InChI is InChI=1S/C12H12BrClO3/c1-2-17-12(16)9-4-3-8(11(14)6-9)5-10(15)7-13/h3-4,6H,2,5,7H2,1H3.